The van der Waals surface area contributed by atoms with Crippen molar-refractivity contribution in [3.05, 3.63) is 33.3 Å². The van der Waals surface area contributed by atoms with Gasteiger partial charge in [0.15, 0.2) is 5.16 Å². The van der Waals surface area contributed by atoms with E-state index in [1.807, 2.05) is 13.8 Å². The van der Waals surface area contributed by atoms with Gasteiger partial charge in [-0.25, -0.2) is 20.7 Å². The van der Waals surface area contributed by atoms with Crippen molar-refractivity contribution in [2.24, 2.45) is 5.84 Å². The van der Waals surface area contributed by atoms with Crippen molar-refractivity contribution in [1.82, 2.24) is 19.7 Å². The minimum Gasteiger partial charge on any atom is -0.308 e. The molecule has 0 saturated carbocycles. The predicted molar refractivity (Wildman–Crippen MR) is 79.9 cm³/mol. The minimum absolute atomic E-state index is 0.0317. The summed E-state index contributed by atoms with van der Waals surface area (Å²) >= 11 is 7.47. The second-order valence-electron chi connectivity index (χ2n) is 4.33. The number of aromatic nitrogens is 4. The lowest BCUT2D eigenvalue weighted by Crippen LogP contribution is -2.19. The first-order chi connectivity index (χ1) is 9.52. The maximum Gasteiger partial charge on any atom is 0.344 e. The molecule has 108 valence electrons. The molecule has 0 aliphatic heterocycles. The second kappa shape index (κ2) is 6.29. The number of halogens is 1. The monoisotopic (exact) mass is 314 g/mol. The third kappa shape index (κ3) is 3.14. The minimum atomic E-state index is -0.223. The lowest BCUT2D eigenvalue weighted by molar-refractivity contribution is 0.534. The van der Waals surface area contributed by atoms with Crippen molar-refractivity contribution < 1.29 is 0 Å². The van der Waals surface area contributed by atoms with Gasteiger partial charge in [-0.05, 0) is 26.0 Å². The van der Waals surface area contributed by atoms with Crippen LogP contribution in [0.4, 0.5) is 5.82 Å². The molecule has 9 heteroatoms. The SMILES string of the molecule is CC(C)n1c(SCc2nc(NN)ccc2Cl)n[nH]c1=O. The van der Waals surface area contributed by atoms with Crippen LogP contribution in [0.15, 0.2) is 22.1 Å². The summed E-state index contributed by atoms with van der Waals surface area (Å²) in [7, 11) is 0. The molecule has 2 rings (SSSR count). The van der Waals surface area contributed by atoms with Crippen LogP contribution in [0.5, 0.6) is 0 Å². The van der Waals surface area contributed by atoms with Gasteiger partial charge in [-0.15, -0.1) is 5.10 Å². The third-order valence-corrected chi connectivity index (χ3v) is 3.90. The lowest BCUT2D eigenvalue weighted by Gasteiger charge is -2.09. The zero-order chi connectivity index (χ0) is 14.7. The Labute approximate surface area is 124 Å². The van der Waals surface area contributed by atoms with Gasteiger partial charge in [-0.1, -0.05) is 23.4 Å². The standard InChI is InChI=1S/C11H15ClN6OS/c1-6(2)18-10(19)16-17-11(18)20-5-8-7(12)3-4-9(14-8)15-13/h3-4,6H,5,13H2,1-2H3,(H,14,15)(H,16,19). The molecular weight excluding hydrogens is 300 g/mol. The highest BCUT2D eigenvalue weighted by molar-refractivity contribution is 7.98. The highest BCUT2D eigenvalue weighted by atomic mass is 35.5. The van der Waals surface area contributed by atoms with Crippen LogP contribution >= 0.6 is 23.4 Å². The van der Waals surface area contributed by atoms with E-state index >= 15 is 0 Å². The largest absolute Gasteiger partial charge is 0.344 e. The third-order valence-electron chi connectivity index (χ3n) is 2.59. The Balaban J connectivity index is 2.19. The summed E-state index contributed by atoms with van der Waals surface area (Å²) in [6.45, 7) is 3.84. The average molecular weight is 315 g/mol. The fraction of sp³-hybridized carbons (Fsp3) is 0.364. The number of hydrazine groups is 1. The molecule has 0 radical (unpaired) electrons. The number of thioether (sulfide) groups is 1. The van der Waals surface area contributed by atoms with Crippen molar-refractivity contribution in [1.29, 1.82) is 0 Å². The number of anilines is 1. The molecule has 20 heavy (non-hydrogen) atoms. The molecular formula is C11H15ClN6OS. The van der Waals surface area contributed by atoms with Gasteiger partial charge in [0.05, 0.1) is 10.7 Å². The molecule has 0 saturated heterocycles. The zero-order valence-corrected chi connectivity index (χ0v) is 12.6. The van der Waals surface area contributed by atoms with E-state index in [1.54, 1.807) is 16.7 Å². The number of nitrogens with one attached hydrogen (secondary N) is 2. The van der Waals surface area contributed by atoms with Gasteiger partial charge in [0.25, 0.3) is 0 Å². The summed E-state index contributed by atoms with van der Waals surface area (Å²) in [4.78, 5) is 15.9. The number of rotatable bonds is 5. The summed E-state index contributed by atoms with van der Waals surface area (Å²) in [6.07, 6.45) is 0. The molecule has 0 atom stereocenters. The molecule has 0 bridgehead atoms. The second-order valence-corrected chi connectivity index (χ2v) is 5.68. The Morgan fingerprint density at radius 1 is 1.55 bits per heavy atom. The highest BCUT2D eigenvalue weighted by Gasteiger charge is 2.13. The van der Waals surface area contributed by atoms with Crippen LogP contribution in [-0.2, 0) is 5.75 Å². The number of aromatic amines is 1. The molecule has 0 aliphatic carbocycles. The Kier molecular flexibility index (Phi) is 4.69. The number of H-pyrrole nitrogens is 1. The Hall–Kier alpha value is -1.51. The van der Waals surface area contributed by atoms with Gasteiger partial charge in [-0.2, -0.15) is 0 Å². The van der Waals surface area contributed by atoms with E-state index in [0.29, 0.717) is 27.4 Å². The van der Waals surface area contributed by atoms with E-state index in [0.717, 1.165) is 0 Å². The maximum absolute atomic E-state index is 11.6. The fourth-order valence-corrected chi connectivity index (χ4v) is 2.93. The van der Waals surface area contributed by atoms with Gasteiger partial charge >= 0.3 is 5.69 Å². The molecule has 0 aromatic carbocycles. The van der Waals surface area contributed by atoms with E-state index in [2.05, 4.69) is 20.6 Å². The zero-order valence-electron chi connectivity index (χ0n) is 11.1. The first kappa shape index (κ1) is 14.9. The van der Waals surface area contributed by atoms with E-state index in [4.69, 9.17) is 17.4 Å². The van der Waals surface area contributed by atoms with Crippen LogP contribution in [-0.4, -0.2) is 19.7 Å². The summed E-state index contributed by atoms with van der Waals surface area (Å²) in [5, 5.41) is 7.60. The van der Waals surface area contributed by atoms with Crippen molar-refractivity contribution in [2.75, 3.05) is 5.43 Å². The summed E-state index contributed by atoms with van der Waals surface area (Å²) in [5.74, 6) is 6.34. The Morgan fingerprint density at radius 3 is 2.95 bits per heavy atom. The van der Waals surface area contributed by atoms with Gasteiger partial charge in [-0.3, -0.25) is 4.57 Å². The van der Waals surface area contributed by atoms with Crippen LogP contribution < -0.4 is 17.0 Å². The predicted octanol–water partition coefficient (Wildman–Crippen LogP) is 1.78. The number of nitrogen functional groups attached to an aromatic ring is 1. The van der Waals surface area contributed by atoms with Gasteiger partial charge < -0.3 is 5.43 Å². The molecule has 0 unspecified atom stereocenters. The highest BCUT2D eigenvalue weighted by Crippen LogP contribution is 2.25. The molecule has 2 aromatic heterocycles. The van der Waals surface area contributed by atoms with E-state index in [9.17, 15) is 4.79 Å². The topological polar surface area (TPSA) is 102 Å². The Morgan fingerprint density at radius 2 is 2.30 bits per heavy atom. The van der Waals surface area contributed by atoms with Crippen molar-refractivity contribution in [2.45, 2.75) is 30.8 Å². The van der Waals surface area contributed by atoms with E-state index < -0.39 is 0 Å². The molecule has 4 N–H and O–H groups in total. The van der Waals surface area contributed by atoms with E-state index in [1.165, 1.54) is 11.8 Å². The van der Waals surface area contributed by atoms with Crippen LogP contribution in [0, 0.1) is 0 Å². The van der Waals surface area contributed by atoms with Gasteiger partial charge in [0, 0.05) is 11.8 Å². The van der Waals surface area contributed by atoms with Crippen molar-refractivity contribution >= 4 is 29.2 Å². The fourth-order valence-electron chi connectivity index (χ4n) is 1.65. The van der Waals surface area contributed by atoms with E-state index in [-0.39, 0.29) is 11.7 Å². The molecule has 0 spiro atoms. The number of nitrogens with zero attached hydrogens (tertiary/aromatic N) is 3. The first-order valence-electron chi connectivity index (χ1n) is 5.94. The maximum atomic E-state index is 11.6. The number of nitrogens with two attached hydrogens (primary N) is 1. The van der Waals surface area contributed by atoms with Crippen LogP contribution in [0.2, 0.25) is 5.02 Å². The molecule has 0 amide bonds. The van der Waals surface area contributed by atoms with Crippen molar-refractivity contribution in [3.8, 4) is 0 Å². The Bertz CT molecular complexity index is 653. The van der Waals surface area contributed by atoms with Crippen LogP contribution in [0.1, 0.15) is 25.6 Å². The molecule has 0 fully saturated rings. The summed E-state index contributed by atoms with van der Waals surface area (Å²) < 4.78 is 1.59. The van der Waals surface area contributed by atoms with Crippen LogP contribution in [0.25, 0.3) is 0 Å². The lowest BCUT2D eigenvalue weighted by atomic mass is 10.4. The number of hydrogen-bond donors (Lipinski definition) is 3. The van der Waals surface area contributed by atoms with Crippen LogP contribution in [0.3, 0.4) is 0 Å². The number of hydrogen-bond acceptors (Lipinski definition) is 6. The molecule has 0 aliphatic rings. The smallest absolute Gasteiger partial charge is 0.308 e. The summed E-state index contributed by atoms with van der Waals surface area (Å²) in [5.41, 5.74) is 2.93. The first-order valence-corrected chi connectivity index (χ1v) is 7.31. The number of pyridine rings is 1. The average Bonchev–Trinajstić information content (AvgIpc) is 2.79. The van der Waals surface area contributed by atoms with Gasteiger partial charge in [0.1, 0.15) is 5.82 Å². The van der Waals surface area contributed by atoms with Crippen molar-refractivity contribution in [3.63, 3.8) is 0 Å². The van der Waals surface area contributed by atoms with Gasteiger partial charge in [0.2, 0.25) is 0 Å². The molecule has 2 heterocycles. The molecule has 7 nitrogen and oxygen atoms in total. The summed E-state index contributed by atoms with van der Waals surface area (Å²) in [6, 6.07) is 3.44. The quantitative estimate of drug-likeness (QED) is 0.442. The normalized spacial score (nSPS) is 11.1. The molecule has 2 aromatic rings.